The number of allylic oxidation sites excluding steroid dienone is 1. The number of nitrogens with zero attached hydrogens (tertiary/aromatic N) is 1. The Morgan fingerprint density at radius 1 is 1.44 bits per heavy atom. The predicted molar refractivity (Wildman–Crippen MR) is 71.2 cm³/mol. The molecule has 0 spiro atoms. The highest BCUT2D eigenvalue weighted by Gasteiger charge is 2.16. The van der Waals surface area contributed by atoms with E-state index >= 15 is 0 Å². The van der Waals surface area contributed by atoms with Gasteiger partial charge in [-0.25, -0.2) is 4.79 Å². The van der Waals surface area contributed by atoms with Crippen LogP contribution in [0, 0.1) is 10.7 Å². The Morgan fingerprint density at radius 2 is 2.11 bits per heavy atom. The summed E-state index contributed by atoms with van der Waals surface area (Å²) in [6.45, 7) is 1.97. The van der Waals surface area contributed by atoms with E-state index in [-0.39, 0.29) is 11.5 Å². The largest absolute Gasteiger partial charge is 0.462 e. The Morgan fingerprint density at radius 3 is 2.67 bits per heavy atom. The van der Waals surface area contributed by atoms with E-state index < -0.39 is 5.97 Å². The number of thiocyanates is 1. The van der Waals surface area contributed by atoms with Gasteiger partial charge in [0.15, 0.2) is 0 Å². The topological polar surface area (TPSA) is 76.1 Å². The molecule has 0 atom stereocenters. The molecule has 0 saturated heterocycles. The summed E-state index contributed by atoms with van der Waals surface area (Å²) in [5, 5.41) is 10.5. The lowest BCUT2D eigenvalue weighted by Crippen LogP contribution is -2.13. The average molecular weight is 262 g/mol. The summed E-state index contributed by atoms with van der Waals surface area (Å²) in [6.07, 6.45) is 0.420. The second-order valence-corrected chi connectivity index (χ2v) is 4.23. The summed E-state index contributed by atoms with van der Waals surface area (Å²) < 4.78 is 4.87. The van der Waals surface area contributed by atoms with Gasteiger partial charge in [-0.3, -0.25) is 0 Å². The number of thioether (sulfide) groups is 1. The zero-order valence-corrected chi connectivity index (χ0v) is 10.9. The first-order chi connectivity index (χ1) is 8.69. The first kappa shape index (κ1) is 14.1. The summed E-state index contributed by atoms with van der Waals surface area (Å²) >= 11 is 0.737. The molecule has 18 heavy (non-hydrogen) atoms. The molecule has 0 aliphatic carbocycles. The van der Waals surface area contributed by atoms with Crippen LogP contribution < -0.4 is 5.73 Å². The van der Waals surface area contributed by atoms with Crippen LogP contribution in [0.25, 0.3) is 0 Å². The number of nitriles is 1. The average Bonchev–Trinajstić information content (AvgIpc) is 2.37. The normalized spacial score (nSPS) is 11.3. The van der Waals surface area contributed by atoms with Gasteiger partial charge in [-0.1, -0.05) is 30.3 Å². The van der Waals surface area contributed by atoms with Crippen molar-refractivity contribution in [3.8, 4) is 5.40 Å². The van der Waals surface area contributed by atoms with E-state index in [9.17, 15) is 4.79 Å². The highest BCUT2D eigenvalue weighted by molar-refractivity contribution is 8.08. The van der Waals surface area contributed by atoms with Crippen molar-refractivity contribution in [2.75, 3.05) is 6.61 Å². The number of carbonyl (C=O) groups excluding carboxylic acids is 1. The SMILES string of the molecule is CCOC(=O)/C(SC#N)=C(\N)Cc1ccccc1. The highest BCUT2D eigenvalue weighted by Crippen LogP contribution is 2.20. The summed E-state index contributed by atoms with van der Waals surface area (Å²) in [7, 11) is 0. The van der Waals surface area contributed by atoms with E-state index in [1.165, 1.54) is 0 Å². The maximum atomic E-state index is 11.6. The molecule has 1 rings (SSSR count). The third-order valence-electron chi connectivity index (χ3n) is 2.14. The Kier molecular flexibility index (Phi) is 5.81. The molecule has 2 N–H and O–H groups in total. The molecule has 0 heterocycles. The fourth-order valence-corrected chi connectivity index (χ4v) is 1.81. The van der Waals surface area contributed by atoms with Gasteiger partial charge in [0.05, 0.1) is 6.61 Å². The van der Waals surface area contributed by atoms with Crippen molar-refractivity contribution >= 4 is 17.7 Å². The molecule has 5 heteroatoms. The molecule has 0 aliphatic heterocycles. The standard InChI is InChI=1S/C13H14N2O2S/c1-2-17-13(16)12(18-9-14)11(15)8-10-6-4-3-5-7-10/h3-7H,2,8,15H2,1H3/b12-11+. The number of esters is 1. The number of rotatable bonds is 5. The Hall–Kier alpha value is -1.93. The molecule has 4 nitrogen and oxygen atoms in total. The molecular formula is C13H14N2O2S. The summed E-state index contributed by atoms with van der Waals surface area (Å²) in [5.74, 6) is -0.544. The zero-order valence-electron chi connectivity index (χ0n) is 10.1. The number of benzene rings is 1. The van der Waals surface area contributed by atoms with Crippen LogP contribution in [0.2, 0.25) is 0 Å². The fraction of sp³-hybridized carbons (Fsp3) is 0.231. The van der Waals surface area contributed by atoms with Gasteiger partial charge >= 0.3 is 5.97 Å². The lowest BCUT2D eigenvalue weighted by molar-refractivity contribution is -0.137. The van der Waals surface area contributed by atoms with E-state index in [1.807, 2.05) is 35.7 Å². The van der Waals surface area contributed by atoms with Crippen LogP contribution >= 0.6 is 11.8 Å². The van der Waals surface area contributed by atoms with Gasteiger partial charge in [-0.05, 0) is 24.2 Å². The van der Waals surface area contributed by atoms with Crippen LogP contribution in [0.1, 0.15) is 12.5 Å². The van der Waals surface area contributed by atoms with Gasteiger partial charge in [0.1, 0.15) is 10.3 Å². The Bertz CT molecular complexity index is 478. The monoisotopic (exact) mass is 262 g/mol. The van der Waals surface area contributed by atoms with Crippen LogP contribution in [-0.2, 0) is 16.0 Å². The van der Waals surface area contributed by atoms with Crippen molar-refractivity contribution in [2.45, 2.75) is 13.3 Å². The number of hydrogen-bond acceptors (Lipinski definition) is 5. The van der Waals surface area contributed by atoms with Gasteiger partial charge in [0, 0.05) is 12.1 Å². The molecule has 0 amide bonds. The second kappa shape index (κ2) is 7.41. The summed E-state index contributed by atoms with van der Waals surface area (Å²) in [5.41, 5.74) is 7.21. The first-order valence-corrected chi connectivity index (χ1v) is 6.26. The van der Waals surface area contributed by atoms with Gasteiger partial charge < -0.3 is 10.5 Å². The number of ether oxygens (including phenoxy) is 1. The number of carbonyl (C=O) groups is 1. The van der Waals surface area contributed by atoms with E-state index in [0.717, 1.165) is 17.3 Å². The Labute approximate surface area is 110 Å². The maximum Gasteiger partial charge on any atom is 0.347 e. The molecule has 0 aliphatic rings. The van der Waals surface area contributed by atoms with E-state index in [2.05, 4.69) is 0 Å². The third-order valence-corrected chi connectivity index (χ3v) is 2.86. The van der Waals surface area contributed by atoms with Gasteiger partial charge in [-0.2, -0.15) is 5.26 Å². The maximum absolute atomic E-state index is 11.6. The first-order valence-electron chi connectivity index (χ1n) is 5.44. The van der Waals surface area contributed by atoms with Crippen LogP contribution in [-0.4, -0.2) is 12.6 Å². The summed E-state index contributed by atoms with van der Waals surface area (Å²) in [6, 6.07) is 9.51. The molecule has 1 aromatic carbocycles. The minimum Gasteiger partial charge on any atom is -0.462 e. The lowest BCUT2D eigenvalue weighted by Gasteiger charge is -2.07. The smallest absolute Gasteiger partial charge is 0.347 e. The molecule has 0 bridgehead atoms. The molecule has 0 unspecified atom stereocenters. The zero-order chi connectivity index (χ0) is 13.4. The molecular weight excluding hydrogens is 248 g/mol. The number of nitrogens with two attached hydrogens (primary N) is 1. The molecule has 0 radical (unpaired) electrons. The number of hydrogen-bond donors (Lipinski definition) is 1. The Balaban J connectivity index is 2.90. The predicted octanol–water partition coefficient (Wildman–Crippen LogP) is 2.18. The van der Waals surface area contributed by atoms with Crippen molar-refractivity contribution in [2.24, 2.45) is 5.73 Å². The van der Waals surface area contributed by atoms with E-state index in [0.29, 0.717) is 12.1 Å². The van der Waals surface area contributed by atoms with Gasteiger partial charge in [-0.15, -0.1) is 0 Å². The van der Waals surface area contributed by atoms with Crippen molar-refractivity contribution in [3.63, 3.8) is 0 Å². The van der Waals surface area contributed by atoms with E-state index in [4.69, 9.17) is 15.7 Å². The van der Waals surface area contributed by atoms with Crippen molar-refractivity contribution in [3.05, 3.63) is 46.5 Å². The minimum atomic E-state index is -0.544. The van der Waals surface area contributed by atoms with Crippen molar-refractivity contribution in [1.82, 2.24) is 0 Å². The fourth-order valence-electron chi connectivity index (χ4n) is 1.38. The van der Waals surface area contributed by atoms with Crippen LogP contribution in [0.5, 0.6) is 0 Å². The molecule has 94 valence electrons. The quantitative estimate of drug-likeness (QED) is 0.500. The van der Waals surface area contributed by atoms with E-state index in [1.54, 1.807) is 6.92 Å². The second-order valence-electron chi connectivity index (χ2n) is 3.43. The highest BCUT2D eigenvalue weighted by atomic mass is 32.2. The lowest BCUT2D eigenvalue weighted by atomic mass is 10.1. The van der Waals surface area contributed by atoms with Gasteiger partial charge in [0.25, 0.3) is 0 Å². The van der Waals surface area contributed by atoms with Crippen molar-refractivity contribution < 1.29 is 9.53 Å². The van der Waals surface area contributed by atoms with Crippen LogP contribution in [0.3, 0.4) is 0 Å². The van der Waals surface area contributed by atoms with Crippen LogP contribution in [0.15, 0.2) is 40.9 Å². The summed E-state index contributed by atoms with van der Waals surface area (Å²) in [4.78, 5) is 11.8. The molecule has 0 saturated carbocycles. The third kappa shape index (κ3) is 4.15. The molecule has 0 aromatic heterocycles. The van der Waals surface area contributed by atoms with Crippen LogP contribution in [0.4, 0.5) is 0 Å². The van der Waals surface area contributed by atoms with Gasteiger partial charge in [0.2, 0.25) is 0 Å². The minimum absolute atomic E-state index is 0.170. The molecule has 1 aromatic rings. The van der Waals surface area contributed by atoms with Crippen molar-refractivity contribution in [1.29, 1.82) is 5.26 Å². The molecule has 0 fully saturated rings.